The van der Waals surface area contributed by atoms with Gasteiger partial charge in [-0.15, -0.1) is 0 Å². The lowest BCUT2D eigenvalue weighted by Gasteiger charge is -2.29. The second-order valence-corrected chi connectivity index (χ2v) is 3.34. The van der Waals surface area contributed by atoms with E-state index < -0.39 is 29.0 Å². The van der Waals surface area contributed by atoms with Crippen LogP contribution < -0.4 is 11.5 Å². The molecule has 1 aromatic carbocycles. The number of alkyl halides is 3. The number of benzene rings is 1. The fourth-order valence-electron chi connectivity index (χ4n) is 1.54. The van der Waals surface area contributed by atoms with Gasteiger partial charge < -0.3 is 11.5 Å². The number of hydrogen-bond acceptors (Lipinski definition) is 2. The summed E-state index contributed by atoms with van der Waals surface area (Å²) in [6.45, 7) is 0. The monoisotopic (exact) mass is 246 g/mol. The minimum Gasteiger partial charge on any atom is -0.368 e. The first-order chi connectivity index (χ1) is 7.74. The van der Waals surface area contributed by atoms with Crippen molar-refractivity contribution in [2.24, 2.45) is 11.5 Å². The van der Waals surface area contributed by atoms with Gasteiger partial charge in [0.25, 0.3) is 0 Å². The zero-order valence-corrected chi connectivity index (χ0v) is 8.49. The van der Waals surface area contributed by atoms with Crippen LogP contribution in [-0.2, 0) is 15.0 Å². The Bertz CT molecular complexity index is 429. The Morgan fingerprint density at radius 1 is 0.941 bits per heavy atom. The van der Waals surface area contributed by atoms with Gasteiger partial charge in [-0.2, -0.15) is 13.2 Å². The van der Waals surface area contributed by atoms with Gasteiger partial charge in [-0.3, -0.25) is 9.59 Å². The number of hydrogen-bond donors (Lipinski definition) is 2. The predicted octanol–water partition coefficient (Wildman–Crippen LogP) is 0.457. The fourth-order valence-corrected chi connectivity index (χ4v) is 1.54. The molecule has 4 nitrogen and oxygen atoms in total. The Kier molecular flexibility index (Phi) is 3.12. The third-order valence-corrected chi connectivity index (χ3v) is 2.37. The van der Waals surface area contributed by atoms with Gasteiger partial charge >= 0.3 is 6.18 Å². The summed E-state index contributed by atoms with van der Waals surface area (Å²) in [4.78, 5) is 22.2. The summed E-state index contributed by atoms with van der Waals surface area (Å²) < 4.78 is 38.9. The van der Waals surface area contributed by atoms with Crippen LogP contribution in [0.25, 0.3) is 0 Å². The van der Waals surface area contributed by atoms with E-state index in [1.165, 1.54) is 18.2 Å². The summed E-state index contributed by atoms with van der Waals surface area (Å²) in [5, 5.41) is 0. The Morgan fingerprint density at radius 3 is 1.65 bits per heavy atom. The molecular weight excluding hydrogens is 237 g/mol. The van der Waals surface area contributed by atoms with Crippen LogP contribution in [-0.4, -0.2) is 18.0 Å². The number of rotatable bonds is 3. The van der Waals surface area contributed by atoms with Crippen LogP contribution in [0.3, 0.4) is 0 Å². The maximum atomic E-state index is 13.0. The van der Waals surface area contributed by atoms with Crippen molar-refractivity contribution in [2.45, 2.75) is 11.6 Å². The average molecular weight is 246 g/mol. The maximum Gasteiger partial charge on any atom is 0.416 e. The van der Waals surface area contributed by atoms with E-state index in [2.05, 4.69) is 0 Å². The molecule has 0 aliphatic rings. The largest absolute Gasteiger partial charge is 0.416 e. The molecule has 0 aromatic heterocycles. The number of carbonyl (C=O) groups is 2. The van der Waals surface area contributed by atoms with Crippen LogP contribution in [0.4, 0.5) is 13.2 Å². The third kappa shape index (κ3) is 1.83. The summed E-state index contributed by atoms with van der Waals surface area (Å²) in [7, 11) is 0. The quantitative estimate of drug-likeness (QED) is 0.759. The number of nitrogens with two attached hydrogens (primary N) is 2. The van der Waals surface area contributed by atoms with E-state index in [9.17, 15) is 22.8 Å². The van der Waals surface area contributed by atoms with E-state index in [0.29, 0.717) is 0 Å². The SMILES string of the molecule is NC(=O)C(C(N)=O)(c1ccccc1)C(F)(F)F. The van der Waals surface area contributed by atoms with E-state index in [1.807, 2.05) is 0 Å². The lowest BCUT2D eigenvalue weighted by atomic mass is 9.78. The molecule has 1 rings (SSSR count). The molecule has 1 aromatic rings. The molecule has 4 N–H and O–H groups in total. The molecule has 0 saturated heterocycles. The summed E-state index contributed by atoms with van der Waals surface area (Å²) in [6, 6.07) is 5.89. The summed E-state index contributed by atoms with van der Waals surface area (Å²) in [6.07, 6.45) is -5.19. The van der Waals surface area contributed by atoms with Crippen molar-refractivity contribution >= 4 is 11.8 Å². The summed E-state index contributed by atoms with van der Waals surface area (Å²) >= 11 is 0. The molecule has 0 spiro atoms. The standard InChI is InChI=1S/C10H9F3N2O2/c11-10(12,13)9(7(14)16,8(15)17)6-4-2-1-3-5-6/h1-5H,(H2,14,16)(H2,15,17). The Balaban J connectivity index is 3.59. The Hall–Kier alpha value is -2.05. The van der Waals surface area contributed by atoms with Gasteiger partial charge in [0.2, 0.25) is 17.2 Å². The first-order valence-electron chi connectivity index (χ1n) is 4.46. The number of primary amides is 2. The second kappa shape index (κ2) is 4.08. The third-order valence-electron chi connectivity index (χ3n) is 2.37. The second-order valence-electron chi connectivity index (χ2n) is 3.34. The van der Waals surface area contributed by atoms with Crippen molar-refractivity contribution in [3.8, 4) is 0 Å². The van der Waals surface area contributed by atoms with Crippen molar-refractivity contribution in [1.29, 1.82) is 0 Å². The molecule has 0 atom stereocenters. The Morgan fingerprint density at radius 2 is 1.35 bits per heavy atom. The molecule has 0 bridgehead atoms. The van der Waals surface area contributed by atoms with E-state index >= 15 is 0 Å². The van der Waals surface area contributed by atoms with Crippen LogP contribution >= 0.6 is 0 Å². The number of amides is 2. The molecule has 0 fully saturated rings. The average Bonchev–Trinajstić information content (AvgIpc) is 2.16. The molecule has 0 unspecified atom stereocenters. The van der Waals surface area contributed by atoms with Crippen LogP contribution in [0.1, 0.15) is 5.56 Å². The van der Waals surface area contributed by atoms with Crippen molar-refractivity contribution in [1.82, 2.24) is 0 Å². The lowest BCUT2D eigenvalue weighted by molar-refractivity contribution is -0.195. The molecular formula is C10H9F3N2O2. The van der Waals surface area contributed by atoms with Gasteiger partial charge in [0, 0.05) is 0 Å². The van der Waals surface area contributed by atoms with Gasteiger partial charge in [0.05, 0.1) is 0 Å². The van der Waals surface area contributed by atoms with E-state index in [4.69, 9.17) is 11.5 Å². The minimum atomic E-state index is -5.19. The molecule has 7 heteroatoms. The van der Waals surface area contributed by atoms with Crippen LogP contribution in [0.2, 0.25) is 0 Å². The molecule has 2 amide bonds. The van der Waals surface area contributed by atoms with Crippen molar-refractivity contribution < 1.29 is 22.8 Å². The summed E-state index contributed by atoms with van der Waals surface area (Å²) in [5.74, 6) is -3.69. The van der Waals surface area contributed by atoms with Gasteiger partial charge in [-0.1, -0.05) is 30.3 Å². The highest BCUT2D eigenvalue weighted by atomic mass is 19.4. The highest BCUT2D eigenvalue weighted by Crippen LogP contribution is 2.40. The first-order valence-corrected chi connectivity index (χ1v) is 4.46. The molecule has 0 aliphatic heterocycles. The van der Waals surface area contributed by atoms with Gasteiger partial charge in [0.15, 0.2) is 0 Å². The normalized spacial score (nSPS) is 12.2. The topological polar surface area (TPSA) is 86.2 Å². The maximum absolute atomic E-state index is 13.0. The van der Waals surface area contributed by atoms with Crippen LogP contribution in [0.5, 0.6) is 0 Å². The molecule has 0 saturated carbocycles. The van der Waals surface area contributed by atoms with Gasteiger partial charge in [0.1, 0.15) is 0 Å². The molecule has 17 heavy (non-hydrogen) atoms. The number of carbonyl (C=O) groups excluding carboxylic acids is 2. The Labute approximate surface area is 94.4 Å². The lowest BCUT2D eigenvalue weighted by Crippen LogP contribution is -2.60. The number of halogens is 3. The zero-order chi connectivity index (χ0) is 13.3. The van der Waals surface area contributed by atoms with Gasteiger partial charge in [-0.05, 0) is 5.56 Å². The predicted molar refractivity (Wildman–Crippen MR) is 52.6 cm³/mol. The van der Waals surface area contributed by atoms with Gasteiger partial charge in [-0.25, -0.2) is 0 Å². The van der Waals surface area contributed by atoms with Crippen molar-refractivity contribution in [2.75, 3.05) is 0 Å². The van der Waals surface area contributed by atoms with Crippen molar-refractivity contribution in [3.05, 3.63) is 35.9 Å². The van der Waals surface area contributed by atoms with Crippen molar-refractivity contribution in [3.63, 3.8) is 0 Å². The van der Waals surface area contributed by atoms with Crippen LogP contribution in [0, 0.1) is 0 Å². The first kappa shape index (κ1) is 13.0. The highest BCUT2D eigenvalue weighted by Gasteiger charge is 2.65. The smallest absolute Gasteiger partial charge is 0.368 e. The minimum absolute atomic E-state index is 0.590. The summed E-state index contributed by atoms with van der Waals surface area (Å²) in [5.41, 5.74) is 5.38. The van der Waals surface area contributed by atoms with Crippen LogP contribution in [0.15, 0.2) is 30.3 Å². The fraction of sp³-hybridized carbons (Fsp3) is 0.200. The zero-order valence-electron chi connectivity index (χ0n) is 8.49. The molecule has 0 heterocycles. The molecule has 92 valence electrons. The van der Waals surface area contributed by atoms with E-state index in [-0.39, 0.29) is 0 Å². The molecule has 0 radical (unpaired) electrons. The van der Waals surface area contributed by atoms with E-state index in [1.54, 1.807) is 0 Å². The highest BCUT2D eigenvalue weighted by molar-refractivity contribution is 6.10. The van der Waals surface area contributed by atoms with E-state index in [0.717, 1.165) is 12.1 Å². The molecule has 0 aliphatic carbocycles.